The first-order valence-electron chi connectivity index (χ1n) is 10.4. The first kappa shape index (κ1) is 23.3. The minimum atomic E-state index is -2.01. The van der Waals surface area contributed by atoms with Gasteiger partial charge >= 0.3 is 5.97 Å². The van der Waals surface area contributed by atoms with E-state index in [4.69, 9.17) is 4.74 Å². The molecule has 0 fully saturated rings. The summed E-state index contributed by atoms with van der Waals surface area (Å²) < 4.78 is 19.7. The first-order chi connectivity index (χ1) is 16.4. The van der Waals surface area contributed by atoms with Gasteiger partial charge in [-0.3, -0.25) is 9.69 Å². The van der Waals surface area contributed by atoms with E-state index in [0.29, 0.717) is 16.8 Å². The van der Waals surface area contributed by atoms with Crippen LogP contribution in [0.3, 0.4) is 0 Å². The highest BCUT2D eigenvalue weighted by molar-refractivity contribution is 7.14. The molecule has 0 radical (unpaired) electrons. The molecule has 0 aliphatic carbocycles. The van der Waals surface area contributed by atoms with Crippen molar-refractivity contribution in [2.24, 2.45) is 0 Å². The number of rotatable bonds is 7. The van der Waals surface area contributed by atoms with Gasteiger partial charge in [-0.1, -0.05) is 72.8 Å². The second-order valence-electron chi connectivity index (χ2n) is 7.45. The fourth-order valence-electron chi connectivity index (χ4n) is 3.51. The minimum Gasteiger partial charge on any atom is -0.456 e. The fourth-order valence-corrected chi connectivity index (χ4v) is 4.38. The van der Waals surface area contributed by atoms with Crippen molar-refractivity contribution in [1.29, 1.82) is 0 Å². The molecule has 1 heterocycles. The van der Waals surface area contributed by atoms with Crippen molar-refractivity contribution < 1.29 is 23.8 Å². The summed E-state index contributed by atoms with van der Waals surface area (Å²) >= 11 is 1.11. The van der Waals surface area contributed by atoms with E-state index < -0.39 is 23.3 Å². The molecular weight excluding hydrogens is 455 g/mol. The number of para-hydroxylation sites is 1. The highest BCUT2D eigenvalue weighted by Crippen LogP contribution is 2.33. The summed E-state index contributed by atoms with van der Waals surface area (Å²) in [6.07, 6.45) is 0. The summed E-state index contributed by atoms with van der Waals surface area (Å²) in [5.74, 6) is -1.83. The van der Waals surface area contributed by atoms with E-state index in [1.807, 2.05) is 0 Å². The monoisotopic (exact) mass is 476 g/mol. The Morgan fingerprint density at radius 2 is 1.53 bits per heavy atom. The predicted octanol–water partition coefficient (Wildman–Crippen LogP) is 4.95. The van der Waals surface area contributed by atoms with Gasteiger partial charge in [-0.25, -0.2) is 14.2 Å². The molecule has 0 aliphatic heterocycles. The van der Waals surface area contributed by atoms with Crippen LogP contribution in [0.1, 0.15) is 23.7 Å². The van der Waals surface area contributed by atoms with Gasteiger partial charge in [-0.2, -0.15) is 0 Å². The molecule has 4 rings (SSSR count). The lowest BCUT2D eigenvalue weighted by Gasteiger charge is -2.26. The first-order valence-corrected chi connectivity index (χ1v) is 11.3. The third kappa shape index (κ3) is 4.59. The van der Waals surface area contributed by atoms with E-state index in [2.05, 4.69) is 4.98 Å². The summed E-state index contributed by atoms with van der Waals surface area (Å²) in [5, 5.41) is 13.3. The molecule has 6 nitrogen and oxygen atoms in total. The molecule has 4 aromatic rings. The number of ether oxygens (including phenoxy) is 1. The number of benzene rings is 3. The van der Waals surface area contributed by atoms with E-state index in [9.17, 15) is 19.1 Å². The highest BCUT2D eigenvalue weighted by atomic mass is 32.1. The van der Waals surface area contributed by atoms with Crippen molar-refractivity contribution >= 4 is 34.0 Å². The van der Waals surface area contributed by atoms with Gasteiger partial charge in [0.1, 0.15) is 12.4 Å². The molecule has 172 valence electrons. The van der Waals surface area contributed by atoms with Gasteiger partial charge in [-0.05, 0) is 23.3 Å². The molecule has 0 bridgehead atoms. The van der Waals surface area contributed by atoms with Crippen molar-refractivity contribution in [2.45, 2.75) is 19.1 Å². The molecule has 0 aliphatic rings. The number of anilines is 2. The van der Waals surface area contributed by atoms with Crippen molar-refractivity contribution in [1.82, 2.24) is 4.98 Å². The van der Waals surface area contributed by atoms with Crippen LogP contribution in [-0.2, 0) is 26.5 Å². The Balaban J connectivity index is 1.57. The molecule has 1 aromatic heterocycles. The van der Waals surface area contributed by atoms with Gasteiger partial charge in [0.25, 0.3) is 0 Å². The number of carbonyl (C=O) groups is 2. The number of halogens is 1. The Morgan fingerprint density at radius 1 is 0.971 bits per heavy atom. The third-order valence-electron chi connectivity index (χ3n) is 5.17. The Morgan fingerprint density at radius 3 is 2.09 bits per heavy atom. The van der Waals surface area contributed by atoms with E-state index in [-0.39, 0.29) is 17.4 Å². The van der Waals surface area contributed by atoms with Crippen LogP contribution in [0.15, 0.2) is 90.3 Å². The number of hydrogen-bond acceptors (Lipinski definition) is 6. The topological polar surface area (TPSA) is 79.7 Å². The Hall–Kier alpha value is -3.88. The van der Waals surface area contributed by atoms with Crippen LogP contribution in [0, 0.1) is 5.82 Å². The number of aliphatic hydroxyl groups is 1. The molecule has 0 saturated carbocycles. The van der Waals surface area contributed by atoms with Crippen molar-refractivity contribution in [3.05, 3.63) is 113 Å². The summed E-state index contributed by atoms with van der Waals surface area (Å²) in [6, 6.07) is 23.0. The molecule has 34 heavy (non-hydrogen) atoms. The lowest BCUT2D eigenvalue weighted by Crippen LogP contribution is -2.38. The van der Waals surface area contributed by atoms with Crippen LogP contribution >= 0.6 is 11.3 Å². The van der Waals surface area contributed by atoms with E-state index in [1.165, 1.54) is 25.1 Å². The number of carbonyl (C=O) groups excluding carboxylic acids is 2. The second kappa shape index (κ2) is 9.94. The molecule has 1 N–H and O–H groups in total. The molecule has 1 amide bonds. The average Bonchev–Trinajstić information content (AvgIpc) is 3.32. The Labute approximate surface area is 199 Å². The van der Waals surface area contributed by atoms with Gasteiger partial charge in [0.05, 0.1) is 11.4 Å². The van der Waals surface area contributed by atoms with Crippen LogP contribution in [0.5, 0.6) is 0 Å². The summed E-state index contributed by atoms with van der Waals surface area (Å²) in [7, 11) is 0. The summed E-state index contributed by atoms with van der Waals surface area (Å²) in [6.45, 7) is 1.08. The number of hydrogen-bond donors (Lipinski definition) is 1. The van der Waals surface area contributed by atoms with Gasteiger partial charge in [0.15, 0.2) is 5.13 Å². The molecule has 8 heteroatoms. The van der Waals surface area contributed by atoms with Gasteiger partial charge in [-0.15, -0.1) is 11.3 Å². The number of thiazole rings is 1. The molecule has 0 saturated heterocycles. The van der Waals surface area contributed by atoms with Crippen LogP contribution in [0.25, 0.3) is 0 Å². The lowest BCUT2D eigenvalue weighted by atomic mass is 9.86. The van der Waals surface area contributed by atoms with E-state index in [1.54, 1.807) is 72.1 Å². The SMILES string of the molecule is CC(=O)N(c1nc(COC(=O)C(O)(c2ccccc2)c2ccccc2)cs1)c1ccccc1F. The molecular formula is C26H21FN2O4S. The highest BCUT2D eigenvalue weighted by Gasteiger charge is 2.41. The summed E-state index contributed by atoms with van der Waals surface area (Å²) in [5.41, 5.74) is -0.838. The number of esters is 1. The van der Waals surface area contributed by atoms with Gasteiger partial charge in [0, 0.05) is 12.3 Å². The average molecular weight is 477 g/mol. The molecule has 0 atom stereocenters. The van der Waals surface area contributed by atoms with Crippen molar-refractivity contribution in [2.75, 3.05) is 4.90 Å². The zero-order valence-corrected chi connectivity index (χ0v) is 19.0. The van der Waals surface area contributed by atoms with E-state index >= 15 is 0 Å². The Bertz CT molecular complexity index is 1250. The van der Waals surface area contributed by atoms with Crippen LogP contribution in [0.4, 0.5) is 15.2 Å². The number of amides is 1. The standard InChI is InChI=1S/C26H21FN2O4S/c1-18(30)29(23-15-9-8-14-22(23)27)25-28-21(17-34-25)16-33-24(31)26(32,19-10-4-2-5-11-19)20-12-6-3-7-13-20/h2-15,17,32H,16H2,1H3. The molecule has 0 spiro atoms. The van der Waals surface area contributed by atoms with Crippen molar-refractivity contribution in [3.63, 3.8) is 0 Å². The quantitative estimate of drug-likeness (QED) is 0.382. The predicted molar refractivity (Wildman–Crippen MR) is 127 cm³/mol. The molecule has 0 unspecified atom stereocenters. The smallest absolute Gasteiger partial charge is 0.348 e. The third-order valence-corrected chi connectivity index (χ3v) is 6.04. The number of aromatic nitrogens is 1. The van der Waals surface area contributed by atoms with Crippen LogP contribution < -0.4 is 4.90 Å². The summed E-state index contributed by atoms with van der Waals surface area (Å²) in [4.78, 5) is 30.9. The maximum Gasteiger partial charge on any atom is 0.348 e. The van der Waals surface area contributed by atoms with Gasteiger partial charge in [0.2, 0.25) is 11.5 Å². The number of nitrogens with zero attached hydrogens (tertiary/aromatic N) is 2. The zero-order valence-electron chi connectivity index (χ0n) is 18.2. The Kier molecular flexibility index (Phi) is 6.81. The molecule has 3 aromatic carbocycles. The van der Waals surface area contributed by atoms with Crippen molar-refractivity contribution in [3.8, 4) is 0 Å². The largest absolute Gasteiger partial charge is 0.456 e. The van der Waals surface area contributed by atoms with Crippen LogP contribution in [-0.4, -0.2) is 22.0 Å². The van der Waals surface area contributed by atoms with Gasteiger partial charge < -0.3 is 9.84 Å². The fraction of sp³-hybridized carbons (Fsp3) is 0.115. The van der Waals surface area contributed by atoms with E-state index in [0.717, 1.165) is 16.2 Å². The minimum absolute atomic E-state index is 0.0791. The van der Waals surface area contributed by atoms with Crippen LogP contribution in [0.2, 0.25) is 0 Å². The maximum atomic E-state index is 14.3. The normalized spacial score (nSPS) is 11.1. The lowest BCUT2D eigenvalue weighted by molar-refractivity contribution is -0.163. The maximum absolute atomic E-state index is 14.3. The zero-order chi connectivity index (χ0) is 24.1. The second-order valence-corrected chi connectivity index (χ2v) is 8.28.